The van der Waals surface area contributed by atoms with Gasteiger partial charge in [0.2, 0.25) is 0 Å². The highest BCUT2D eigenvalue weighted by molar-refractivity contribution is 6.43. The van der Waals surface area contributed by atoms with E-state index in [9.17, 15) is 9.18 Å². The van der Waals surface area contributed by atoms with Crippen molar-refractivity contribution < 1.29 is 9.18 Å². The standard InChI is InChI=1S/C18H18FN3O/c1-13(15-2-4-16(19)5-3-15)12-17(20)18(23)22-11-8-14-6-9-21-10-7-14/h2-7,9-10,12,20H,8,11H2,1H3,(H,22,23)/b13-12+,20-17?. The molecule has 0 fully saturated rings. The molecule has 0 bridgehead atoms. The van der Waals surface area contributed by atoms with E-state index in [0.717, 1.165) is 16.7 Å². The summed E-state index contributed by atoms with van der Waals surface area (Å²) in [6.07, 6.45) is 5.57. The first-order chi connectivity index (χ1) is 11.1. The quantitative estimate of drug-likeness (QED) is 0.805. The summed E-state index contributed by atoms with van der Waals surface area (Å²) in [5.74, 6) is -0.744. The van der Waals surface area contributed by atoms with Crippen LogP contribution in [0.2, 0.25) is 0 Å². The summed E-state index contributed by atoms with van der Waals surface area (Å²) in [4.78, 5) is 15.8. The van der Waals surface area contributed by atoms with E-state index in [2.05, 4.69) is 10.3 Å². The van der Waals surface area contributed by atoms with E-state index in [0.29, 0.717) is 13.0 Å². The molecule has 0 aliphatic rings. The fraction of sp³-hybridized carbons (Fsp3) is 0.167. The highest BCUT2D eigenvalue weighted by Crippen LogP contribution is 2.14. The van der Waals surface area contributed by atoms with Gasteiger partial charge in [0.1, 0.15) is 11.5 Å². The van der Waals surface area contributed by atoms with Crippen molar-refractivity contribution in [2.75, 3.05) is 6.54 Å². The number of aromatic nitrogens is 1. The number of carbonyl (C=O) groups is 1. The van der Waals surface area contributed by atoms with Crippen LogP contribution in [0.5, 0.6) is 0 Å². The maximum absolute atomic E-state index is 12.9. The molecule has 118 valence electrons. The number of halogens is 1. The van der Waals surface area contributed by atoms with Crippen LogP contribution in [0.25, 0.3) is 5.57 Å². The third kappa shape index (κ3) is 5.14. The number of benzene rings is 1. The van der Waals surface area contributed by atoms with E-state index in [1.807, 2.05) is 12.1 Å². The van der Waals surface area contributed by atoms with E-state index < -0.39 is 5.91 Å². The van der Waals surface area contributed by atoms with Gasteiger partial charge in [-0.15, -0.1) is 0 Å². The Morgan fingerprint density at radius 1 is 1.22 bits per heavy atom. The van der Waals surface area contributed by atoms with Crippen LogP contribution < -0.4 is 5.32 Å². The molecule has 2 rings (SSSR count). The molecule has 5 heteroatoms. The van der Waals surface area contributed by atoms with Crippen LogP contribution >= 0.6 is 0 Å². The average Bonchev–Trinajstić information content (AvgIpc) is 2.56. The second-order valence-electron chi connectivity index (χ2n) is 5.11. The zero-order chi connectivity index (χ0) is 16.7. The normalized spacial score (nSPS) is 11.1. The summed E-state index contributed by atoms with van der Waals surface area (Å²) in [5.41, 5.74) is 2.46. The number of rotatable bonds is 6. The Bertz CT molecular complexity index is 709. The molecule has 1 amide bonds. The minimum atomic E-state index is -0.430. The average molecular weight is 311 g/mol. The van der Waals surface area contributed by atoms with Crippen LogP contribution in [-0.2, 0) is 11.2 Å². The summed E-state index contributed by atoms with van der Waals surface area (Å²) in [7, 11) is 0. The minimum Gasteiger partial charge on any atom is -0.350 e. The van der Waals surface area contributed by atoms with Gasteiger partial charge in [0, 0.05) is 18.9 Å². The third-order valence-corrected chi connectivity index (χ3v) is 3.35. The Morgan fingerprint density at radius 2 is 1.87 bits per heavy atom. The first-order valence-corrected chi connectivity index (χ1v) is 7.26. The molecule has 0 unspecified atom stereocenters. The van der Waals surface area contributed by atoms with Gasteiger partial charge in [-0.1, -0.05) is 12.1 Å². The zero-order valence-corrected chi connectivity index (χ0v) is 12.8. The molecular weight excluding hydrogens is 293 g/mol. The van der Waals surface area contributed by atoms with E-state index in [1.54, 1.807) is 31.5 Å². The number of hydrogen-bond acceptors (Lipinski definition) is 3. The predicted octanol–water partition coefficient (Wildman–Crippen LogP) is 3.00. The van der Waals surface area contributed by atoms with Gasteiger partial charge in [-0.25, -0.2) is 4.39 Å². The van der Waals surface area contributed by atoms with Crippen LogP contribution in [0.15, 0.2) is 54.9 Å². The Morgan fingerprint density at radius 3 is 2.52 bits per heavy atom. The van der Waals surface area contributed by atoms with Gasteiger partial charge in [0.25, 0.3) is 5.91 Å². The molecular formula is C18H18FN3O. The summed E-state index contributed by atoms with van der Waals surface area (Å²) in [6, 6.07) is 9.72. The lowest BCUT2D eigenvalue weighted by molar-refractivity contribution is -0.114. The van der Waals surface area contributed by atoms with Crippen LogP contribution in [0, 0.1) is 11.2 Å². The van der Waals surface area contributed by atoms with Gasteiger partial charge in [0.05, 0.1) is 0 Å². The maximum atomic E-state index is 12.9. The van der Waals surface area contributed by atoms with Crippen molar-refractivity contribution in [3.05, 3.63) is 71.8 Å². The van der Waals surface area contributed by atoms with E-state index in [1.165, 1.54) is 18.2 Å². The fourth-order valence-electron chi connectivity index (χ4n) is 2.04. The zero-order valence-electron chi connectivity index (χ0n) is 12.8. The molecule has 0 aliphatic heterocycles. The first-order valence-electron chi connectivity index (χ1n) is 7.26. The van der Waals surface area contributed by atoms with E-state index in [-0.39, 0.29) is 11.5 Å². The summed E-state index contributed by atoms with van der Waals surface area (Å²) < 4.78 is 12.9. The molecule has 4 nitrogen and oxygen atoms in total. The van der Waals surface area contributed by atoms with Crippen LogP contribution in [0.3, 0.4) is 0 Å². The lowest BCUT2D eigenvalue weighted by Crippen LogP contribution is -2.31. The van der Waals surface area contributed by atoms with E-state index >= 15 is 0 Å². The Hall–Kier alpha value is -2.82. The Kier molecular flexibility index (Phi) is 5.74. The molecule has 1 heterocycles. The van der Waals surface area contributed by atoms with E-state index in [4.69, 9.17) is 5.41 Å². The third-order valence-electron chi connectivity index (χ3n) is 3.35. The van der Waals surface area contributed by atoms with Crippen molar-refractivity contribution in [1.29, 1.82) is 5.41 Å². The molecule has 0 radical (unpaired) electrons. The Balaban J connectivity index is 1.88. The van der Waals surface area contributed by atoms with Gasteiger partial charge in [-0.3, -0.25) is 15.2 Å². The highest BCUT2D eigenvalue weighted by Gasteiger charge is 2.07. The van der Waals surface area contributed by atoms with Crippen molar-refractivity contribution in [1.82, 2.24) is 10.3 Å². The van der Waals surface area contributed by atoms with Crippen LogP contribution in [0.4, 0.5) is 4.39 Å². The fourth-order valence-corrected chi connectivity index (χ4v) is 2.04. The monoisotopic (exact) mass is 311 g/mol. The molecule has 0 atom stereocenters. The van der Waals surface area contributed by atoms with Crippen molar-refractivity contribution in [2.45, 2.75) is 13.3 Å². The molecule has 23 heavy (non-hydrogen) atoms. The van der Waals surface area contributed by atoms with Gasteiger partial charge >= 0.3 is 0 Å². The number of carbonyl (C=O) groups excluding carboxylic acids is 1. The first kappa shape index (κ1) is 16.5. The number of allylic oxidation sites excluding steroid dienone is 1. The summed E-state index contributed by atoms with van der Waals surface area (Å²) in [5, 5.41) is 10.5. The van der Waals surface area contributed by atoms with Gasteiger partial charge < -0.3 is 5.32 Å². The number of hydrogen-bond donors (Lipinski definition) is 2. The number of amides is 1. The SMILES string of the molecule is C/C(=C\C(=N)C(=O)NCCc1ccncc1)c1ccc(F)cc1. The topological polar surface area (TPSA) is 65.8 Å². The highest BCUT2D eigenvalue weighted by atomic mass is 19.1. The largest absolute Gasteiger partial charge is 0.350 e. The van der Waals surface area contributed by atoms with Crippen molar-refractivity contribution in [3.8, 4) is 0 Å². The minimum absolute atomic E-state index is 0.124. The number of nitrogens with one attached hydrogen (secondary N) is 2. The molecule has 2 aromatic rings. The van der Waals surface area contributed by atoms with Crippen molar-refractivity contribution in [3.63, 3.8) is 0 Å². The molecule has 0 spiro atoms. The van der Waals surface area contributed by atoms with Gasteiger partial charge in [0.15, 0.2) is 0 Å². The number of nitrogens with zero attached hydrogens (tertiary/aromatic N) is 1. The molecule has 1 aromatic heterocycles. The number of pyridine rings is 1. The van der Waals surface area contributed by atoms with Crippen molar-refractivity contribution in [2.24, 2.45) is 0 Å². The lowest BCUT2D eigenvalue weighted by atomic mass is 10.1. The molecule has 0 saturated carbocycles. The molecule has 0 aliphatic carbocycles. The van der Waals surface area contributed by atoms with Gasteiger partial charge in [-0.2, -0.15) is 0 Å². The van der Waals surface area contributed by atoms with Crippen LogP contribution in [-0.4, -0.2) is 23.1 Å². The predicted molar refractivity (Wildman–Crippen MR) is 88.7 cm³/mol. The molecule has 1 aromatic carbocycles. The molecule has 0 saturated heterocycles. The summed E-state index contributed by atoms with van der Waals surface area (Å²) >= 11 is 0. The second kappa shape index (κ2) is 7.98. The molecule has 2 N–H and O–H groups in total. The maximum Gasteiger partial charge on any atom is 0.269 e. The van der Waals surface area contributed by atoms with Crippen molar-refractivity contribution >= 4 is 17.2 Å². The smallest absolute Gasteiger partial charge is 0.269 e. The second-order valence-corrected chi connectivity index (χ2v) is 5.11. The van der Waals surface area contributed by atoms with Crippen LogP contribution in [0.1, 0.15) is 18.1 Å². The lowest BCUT2D eigenvalue weighted by Gasteiger charge is -2.06. The van der Waals surface area contributed by atoms with Gasteiger partial charge in [-0.05, 0) is 60.4 Å². The Labute approximate surface area is 134 Å². The summed E-state index contributed by atoms with van der Waals surface area (Å²) in [6.45, 7) is 2.24.